The van der Waals surface area contributed by atoms with Gasteiger partial charge in [-0.1, -0.05) is 166 Å². The minimum Gasteiger partial charge on any atom is -0.360 e. The van der Waals surface area contributed by atoms with Crippen molar-refractivity contribution in [1.82, 2.24) is 5.32 Å². The van der Waals surface area contributed by atoms with E-state index in [-0.39, 0.29) is 17.0 Å². The molecule has 1 atom stereocenters. The minimum absolute atomic E-state index is 0.0174. The maximum Gasteiger partial charge on any atom is 0.145 e. The average molecular weight is 845 g/mol. The Hall–Kier alpha value is -6.29. The van der Waals surface area contributed by atoms with Crippen molar-refractivity contribution in [3.8, 4) is 11.1 Å². The molecule has 5 aliphatic carbocycles. The first-order chi connectivity index (χ1) is 31.4. The van der Waals surface area contributed by atoms with Crippen LogP contribution in [0, 0.1) is 0 Å². The number of benzene rings is 6. The van der Waals surface area contributed by atoms with Gasteiger partial charge in [-0.3, -0.25) is 4.99 Å². The van der Waals surface area contributed by atoms with Gasteiger partial charge in [0.15, 0.2) is 0 Å². The van der Waals surface area contributed by atoms with E-state index in [1.54, 1.807) is 16.7 Å². The van der Waals surface area contributed by atoms with Gasteiger partial charge in [0.2, 0.25) is 0 Å². The van der Waals surface area contributed by atoms with Gasteiger partial charge in [0.1, 0.15) is 6.17 Å². The number of rotatable bonds is 5. The third kappa shape index (κ3) is 5.79. The van der Waals surface area contributed by atoms with Crippen molar-refractivity contribution in [1.29, 1.82) is 0 Å². The van der Waals surface area contributed by atoms with Gasteiger partial charge in [-0.2, -0.15) is 0 Å². The summed E-state index contributed by atoms with van der Waals surface area (Å²) in [6, 6.07) is 48.5. The summed E-state index contributed by atoms with van der Waals surface area (Å²) in [5.41, 5.74) is 23.3. The Morgan fingerprint density at radius 2 is 1.41 bits per heavy atom. The molecule has 2 nitrogen and oxygen atoms in total. The smallest absolute Gasteiger partial charge is 0.145 e. The lowest BCUT2D eigenvalue weighted by Gasteiger charge is -2.36. The Morgan fingerprint density at radius 3 is 2.25 bits per heavy atom. The van der Waals surface area contributed by atoms with Gasteiger partial charge < -0.3 is 5.32 Å². The Bertz CT molecular complexity index is 3280. The topological polar surface area (TPSA) is 24.4 Å². The number of allylic oxidation sites excluding steroid dienone is 9. The summed E-state index contributed by atoms with van der Waals surface area (Å²) in [5, 5.41) is 6.44. The zero-order valence-electron chi connectivity index (χ0n) is 36.8. The van der Waals surface area contributed by atoms with E-state index in [4.69, 9.17) is 4.99 Å². The molecule has 1 unspecified atom stereocenters. The van der Waals surface area contributed by atoms with Gasteiger partial charge in [0, 0.05) is 42.3 Å². The molecule has 1 aromatic heterocycles. The van der Waals surface area contributed by atoms with Gasteiger partial charge in [0.25, 0.3) is 0 Å². The molecule has 0 saturated heterocycles. The summed E-state index contributed by atoms with van der Waals surface area (Å²) < 4.78 is 2.61. The van der Waals surface area contributed by atoms with Crippen LogP contribution in [0.1, 0.15) is 128 Å². The predicted octanol–water partition coefficient (Wildman–Crippen LogP) is 16.1. The van der Waals surface area contributed by atoms with Gasteiger partial charge in [-0.15, -0.1) is 11.3 Å². The van der Waals surface area contributed by atoms with Crippen LogP contribution in [0.15, 0.2) is 168 Å². The molecular formula is C61H52N2S. The Morgan fingerprint density at radius 1 is 0.625 bits per heavy atom. The number of hydrogen-bond donors (Lipinski definition) is 1. The van der Waals surface area contributed by atoms with Crippen molar-refractivity contribution in [3.63, 3.8) is 0 Å². The molecule has 0 radical (unpaired) electrons. The molecule has 64 heavy (non-hydrogen) atoms. The van der Waals surface area contributed by atoms with Crippen molar-refractivity contribution in [3.05, 3.63) is 213 Å². The minimum atomic E-state index is -0.196. The number of thiophene rings is 1. The fourth-order valence-electron chi connectivity index (χ4n) is 12.5. The first-order valence-electron chi connectivity index (χ1n) is 23.7. The molecule has 1 N–H and O–H groups in total. The van der Waals surface area contributed by atoms with Gasteiger partial charge in [-0.25, -0.2) is 0 Å². The zero-order chi connectivity index (χ0) is 42.6. The number of fused-ring (bicyclic) bond motifs is 10. The highest BCUT2D eigenvalue weighted by Gasteiger charge is 2.47. The van der Waals surface area contributed by atoms with Crippen molar-refractivity contribution in [2.24, 2.45) is 4.99 Å². The monoisotopic (exact) mass is 844 g/mol. The standard InChI is InChI=1S/C61H52N2S/c1-60(2)51-25-15-21-43(57(51)49-36-53-47(35-52(49)60)44-20-10-11-24-50(44)61(53)32-12-5-13-33-61)42-30-31-56-48(34-42)45-22-14-23-46(58(45)64-56)55-37-54(62-59(63-55)41-18-8-4-9-19-41)40-28-26-39(27-29-40)38-16-6-3-7-17-38/h4,6,8-11,14,16-24,26-31,34-37,59,62H,3,5,7,12-13,15,25,32-33H2,1-2H3. The second kappa shape index (κ2) is 14.6. The molecule has 0 amide bonds. The van der Waals surface area contributed by atoms with Crippen molar-refractivity contribution < 1.29 is 0 Å². The lowest BCUT2D eigenvalue weighted by atomic mass is 9.67. The van der Waals surface area contributed by atoms with Crippen LogP contribution in [0.25, 0.3) is 53.7 Å². The SMILES string of the molecule is CC1(C)C2=C(C(c3ccc4sc5c(C6=NC(c7ccccc7)NC(c7ccc(C8=CCCC=C8)cc7)=C6)cccc5c4c3)=CCC2)c2cc3c(cc21)-c1ccccc1C31CCCCC1. The molecular weight excluding hydrogens is 793 g/mol. The fraction of sp³-hybridized carbons (Fsp3) is 0.230. The van der Waals surface area contributed by atoms with E-state index >= 15 is 0 Å². The molecule has 7 aromatic rings. The quantitative estimate of drug-likeness (QED) is 0.183. The van der Waals surface area contributed by atoms with Gasteiger partial charge in [0.05, 0.1) is 5.71 Å². The Labute approximate surface area is 381 Å². The average Bonchev–Trinajstić information content (AvgIpc) is 3.94. The molecule has 6 aliphatic rings. The maximum absolute atomic E-state index is 5.44. The van der Waals surface area contributed by atoms with E-state index in [2.05, 4.69) is 177 Å². The maximum atomic E-state index is 5.44. The fourth-order valence-corrected chi connectivity index (χ4v) is 13.7. The Balaban J connectivity index is 0.906. The summed E-state index contributed by atoms with van der Waals surface area (Å²) in [5.74, 6) is 0. The van der Waals surface area contributed by atoms with Crippen molar-refractivity contribution >= 4 is 59.6 Å². The first kappa shape index (κ1) is 38.2. The molecule has 1 spiro atoms. The summed E-state index contributed by atoms with van der Waals surface area (Å²) in [6.45, 7) is 4.98. The highest BCUT2D eigenvalue weighted by molar-refractivity contribution is 7.26. The third-order valence-corrected chi connectivity index (χ3v) is 16.9. The molecule has 2 heterocycles. The molecule has 1 aliphatic heterocycles. The number of nitrogens with zero attached hydrogens (tertiary/aromatic N) is 1. The van der Waals surface area contributed by atoms with Crippen LogP contribution in [0.5, 0.6) is 0 Å². The summed E-state index contributed by atoms with van der Waals surface area (Å²) in [4.78, 5) is 5.44. The first-order valence-corrected chi connectivity index (χ1v) is 24.5. The lowest BCUT2D eigenvalue weighted by molar-refractivity contribution is 0.352. The number of hydrogen-bond acceptors (Lipinski definition) is 3. The summed E-state index contributed by atoms with van der Waals surface area (Å²) >= 11 is 1.90. The van der Waals surface area contributed by atoms with Crippen LogP contribution in [0.4, 0.5) is 0 Å². The van der Waals surface area contributed by atoms with Crippen LogP contribution in [-0.4, -0.2) is 5.71 Å². The molecule has 0 bridgehead atoms. The number of nitrogens with one attached hydrogen (secondary N) is 1. The van der Waals surface area contributed by atoms with Crippen LogP contribution >= 0.6 is 11.3 Å². The highest BCUT2D eigenvalue weighted by Crippen LogP contribution is 2.61. The van der Waals surface area contributed by atoms with Crippen LogP contribution < -0.4 is 5.32 Å². The third-order valence-electron chi connectivity index (χ3n) is 15.7. The predicted molar refractivity (Wildman–Crippen MR) is 272 cm³/mol. The zero-order valence-corrected chi connectivity index (χ0v) is 37.6. The molecule has 1 fully saturated rings. The normalized spacial score (nSPS) is 20.2. The lowest BCUT2D eigenvalue weighted by Crippen LogP contribution is -2.28. The van der Waals surface area contributed by atoms with Gasteiger partial charge >= 0.3 is 0 Å². The van der Waals surface area contributed by atoms with E-state index in [0.29, 0.717) is 0 Å². The highest BCUT2D eigenvalue weighted by atomic mass is 32.1. The second-order valence-electron chi connectivity index (χ2n) is 19.5. The molecule has 1 saturated carbocycles. The largest absolute Gasteiger partial charge is 0.360 e. The second-order valence-corrected chi connectivity index (χ2v) is 20.6. The van der Waals surface area contributed by atoms with E-state index in [1.165, 1.54) is 114 Å². The van der Waals surface area contributed by atoms with Crippen LogP contribution in [0.2, 0.25) is 0 Å². The van der Waals surface area contributed by atoms with Crippen LogP contribution in [0.3, 0.4) is 0 Å². The molecule has 6 aromatic carbocycles. The van der Waals surface area contributed by atoms with Crippen molar-refractivity contribution in [2.45, 2.75) is 88.6 Å². The van der Waals surface area contributed by atoms with Crippen molar-refractivity contribution in [2.75, 3.05) is 0 Å². The van der Waals surface area contributed by atoms with E-state index in [1.807, 2.05) is 11.3 Å². The van der Waals surface area contributed by atoms with E-state index in [0.717, 1.165) is 42.7 Å². The Kier molecular flexibility index (Phi) is 8.73. The molecule has 3 heteroatoms. The summed E-state index contributed by atoms with van der Waals surface area (Å²) in [6.07, 6.45) is 22.4. The van der Waals surface area contributed by atoms with E-state index in [9.17, 15) is 0 Å². The van der Waals surface area contributed by atoms with E-state index < -0.39 is 0 Å². The number of aliphatic imine (C=N–C) groups is 1. The molecule has 13 rings (SSSR count). The van der Waals surface area contributed by atoms with Gasteiger partial charge in [-0.05, 0) is 141 Å². The summed E-state index contributed by atoms with van der Waals surface area (Å²) in [7, 11) is 0. The molecule has 312 valence electrons. The van der Waals surface area contributed by atoms with Crippen LogP contribution in [-0.2, 0) is 10.8 Å².